The molecule has 1 N–H and O–H groups in total. The molecule has 20 heavy (non-hydrogen) atoms. The van der Waals surface area contributed by atoms with Gasteiger partial charge in [-0.3, -0.25) is 0 Å². The first-order valence-electron chi connectivity index (χ1n) is 8.01. The van der Waals surface area contributed by atoms with E-state index in [1.54, 1.807) is 0 Å². The molecule has 1 heterocycles. The molecule has 110 valence electrons. The molecule has 1 saturated carbocycles. The second-order valence-corrected chi connectivity index (χ2v) is 5.95. The molecule has 1 aromatic rings. The fraction of sp³-hybridized carbons (Fsp3) is 0.647. The van der Waals surface area contributed by atoms with Crippen LogP contribution in [-0.2, 0) is 6.54 Å². The fourth-order valence-corrected chi connectivity index (χ4v) is 3.16. The van der Waals surface area contributed by atoms with Crippen molar-refractivity contribution in [2.24, 2.45) is 5.92 Å². The summed E-state index contributed by atoms with van der Waals surface area (Å²) in [4.78, 5) is 0. The molecule has 3 heteroatoms. The Labute approximate surface area is 121 Å². The van der Waals surface area contributed by atoms with Gasteiger partial charge in [0.2, 0.25) is 0 Å². The highest BCUT2D eigenvalue weighted by molar-refractivity contribution is 5.43. The van der Waals surface area contributed by atoms with Gasteiger partial charge < -0.3 is 14.8 Å². The minimum absolute atomic E-state index is 0.756. The second kappa shape index (κ2) is 6.98. The average molecular weight is 275 g/mol. The van der Waals surface area contributed by atoms with Crippen molar-refractivity contribution in [3.63, 3.8) is 0 Å². The molecular formula is C17H25NO2. The van der Waals surface area contributed by atoms with Gasteiger partial charge in [-0.2, -0.15) is 0 Å². The monoisotopic (exact) mass is 275 g/mol. The Hall–Kier alpha value is -1.22. The van der Waals surface area contributed by atoms with Crippen molar-refractivity contribution >= 4 is 0 Å². The zero-order chi connectivity index (χ0) is 13.6. The van der Waals surface area contributed by atoms with Crippen LogP contribution in [0.15, 0.2) is 18.2 Å². The first kappa shape index (κ1) is 13.7. The van der Waals surface area contributed by atoms with Crippen LogP contribution in [0.3, 0.4) is 0 Å². The third-order valence-electron chi connectivity index (χ3n) is 4.35. The van der Waals surface area contributed by atoms with Gasteiger partial charge in [0.05, 0.1) is 13.2 Å². The van der Waals surface area contributed by atoms with E-state index in [0.717, 1.165) is 50.1 Å². The lowest BCUT2D eigenvalue weighted by Gasteiger charge is -2.12. The summed E-state index contributed by atoms with van der Waals surface area (Å²) in [6.07, 6.45) is 8.03. The Bertz CT molecular complexity index is 427. The summed E-state index contributed by atoms with van der Waals surface area (Å²) in [6.45, 7) is 3.56. The zero-order valence-electron chi connectivity index (χ0n) is 12.2. The highest BCUT2D eigenvalue weighted by Crippen LogP contribution is 2.30. The average Bonchev–Trinajstić information content (AvgIpc) is 2.87. The predicted molar refractivity (Wildman–Crippen MR) is 80.3 cm³/mol. The molecule has 1 aromatic carbocycles. The fourth-order valence-electron chi connectivity index (χ4n) is 3.16. The van der Waals surface area contributed by atoms with Gasteiger partial charge in [0.25, 0.3) is 0 Å². The molecular weight excluding hydrogens is 250 g/mol. The Kier molecular flexibility index (Phi) is 4.80. The topological polar surface area (TPSA) is 30.5 Å². The number of hydrogen-bond donors (Lipinski definition) is 1. The molecule has 0 unspecified atom stereocenters. The van der Waals surface area contributed by atoms with E-state index in [9.17, 15) is 0 Å². The predicted octanol–water partition coefficient (Wildman–Crippen LogP) is 3.52. The summed E-state index contributed by atoms with van der Waals surface area (Å²) >= 11 is 0. The highest BCUT2D eigenvalue weighted by atomic mass is 16.5. The molecule has 0 radical (unpaired) electrons. The molecule has 3 rings (SSSR count). The van der Waals surface area contributed by atoms with Crippen LogP contribution in [0, 0.1) is 5.92 Å². The summed E-state index contributed by atoms with van der Waals surface area (Å²) in [5.74, 6) is 2.75. The Morgan fingerprint density at radius 2 is 1.80 bits per heavy atom. The van der Waals surface area contributed by atoms with Gasteiger partial charge in [0.1, 0.15) is 0 Å². The summed E-state index contributed by atoms with van der Waals surface area (Å²) in [5.41, 5.74) is 1.28. The van der Waals surface area contributed by atoms with Crippen LogP contribution < -0.4 is 14.8 Å². The van der Waals surface area contributed by atoms with Crippen molar-refractivity contribution in [2.45, 2.75) is 45.1 Å². The molecule has 0 amide bonds. The van der Waals surface area contributed by atoms with Gasteiger partial charge >= 0.3 is 0 Å². The summed E-state index contributed by atoms with van der Waals surface area (Å²) in [7, 11) is 0. The first-order chi connectivity index (χ1) is 9.92. The lowest BCUT2D eigenvalue weighted by Crippen LogP contribution is -2.17. The Morgan fingerprint density at radius 3 is 2.65 bits per heavy atom. The normalized spacial score (nSPS) is 19.0. The Morgan fingerprint density at radius 1 is 1.00 bits per heavy atom. The molecule has 3 nitrogen and oxygen atoms in total. The van der Waals surface area contributed by atoms with Crippen molar-refractivity contribution in [1.82, 2.24) is 5.32 Å². The van der Waals surface area contributed by atoms with Crippen LogP contribution in [0.5, 0.6) is 11.5 Å². The maximum absolute atomic E-state index is 5.72. The lowest BCUT2D eigenvalue weighted by molar-refractivity contribution is 0.297. The second-order valence-electron chi connectivity index (χ2n) is 5.95. The van der Waals surface area contributed by atoms with Crippen molar-refractivity contribution < 1.29 is 9.47 Å². The van der Waals surface area contributed by atoms with E-state index in [2.05, 4.69) is 17.4 Å². The molecule has 0 aromatic heterocycles. The van der Waals surface area contributed by atoms with Crippen molar-refractivity contribution in [1.29, 1.82) is 0 Å². The van der Waals surface area contributed by atoms with E-state index in [1.807, 2.05) is 6.07 Å². The molecule has 0 atom stereocenters. The summed E-state index contributed by atoms with van der Waals surface area (Å²) in [5, 5.41) is 3.55. The molecule has 1 fully saturated rings. The van der Waals surface area contributed by atoms with Gasteiger partial charge in [-0.15, -0.1) is 0 Å². The van der Waals surface area contributed by atoms with Gasteiger partial charge in [-0.1, -0.05) is 31.7 Å². The van der Waals surface area contributed by atoms with Crippen LogP contribution in [0.4, 0.5) is 0 Å². The van der Waals surface area contributed by atoms with Crippen LogP contribution in [0.1, 0.15) is 44.1 Å². The van der Waals surface area contributed by atoms with Gasteiger partial charge in [-0.05, 0) is 36.6 Å². The molecule has 1 aliphatic heterocycles. The third kappa shape index (κ3) is 3.66. The van der Waals surface area contributed by atoms with E-state index in [-0.39, 0.29) is 0 Å². The summed E-state index contributed by atoms with van der Waals surface area (Å²) in [6, 6.07) is 6.29. The maximum Gasteiger partial charge on any atom is 0.161 e. The number of rotatable bonds is 5. The smallest absolute Gasteiger partial charge is 0.161 e. The van der Waals surface area contributed by atoms with E-state index in [1.165, 1.54) is 37.7 Å². The van der Waals surface area contributed by atoms with Crippen LogP contribution in [0.25, 0.3) is 0 Å². The minimum atomic E-state index is 0.756. The highest BCUT2D eigenvalue weighted by Gasteiger charge is 2.14. The molecule has 0 saturated heterocycles. The van der Waals surface area contributed by atoms with Crippen molar-refractivity contribution in [3.05, 3.63) is 23.8 Å². The quantitative estimate of drug-likeness (QED) is 0.834. The van der Waals surface area contributed by atoms with E-state index in [0.29, 0.717) is 0 Å². The largest absolute Gasteiger partial charge is 0.490 e. The lowest BCUT2D eigenvalue weighted by atomic mass is 10.0. The Balaban J connectivity index is 1.46. The minimum Gasteiger partial charge on any atom is -0.490 e. The standard InChI is InChI=1S/C17H25NO2/c1-2-5-14(4-1)8-9-18-13-15-6-7-16-17(12-15)20-11-3-10-19-16/h6-7,12,14,18H,1-5,8-11,13H2. The van der Waals surface area contributed by atoms with Crippen LogP contribution in [0.2, 0.25) is 0 Å². The van der Waals surface area contributed by atoms with Gasteiger partial charge in [0.15, 0.2) is 11.5 Å². The zero-order valence-corrected chi connectivity index (χ0v) is 12.2. The van der Waals surface area contributed by atoms with Gasteiger partial charge in [-0.25, -0.2) is 0 Å². The maximum atomic E-state index is 5.72. The third-order valence-corrected chi connectivity index (χ3v) is 4.35. The number of fused-ring (bicyclic) bond motifs is 1. The van der Waals surface area contributed by atoms with Crippen LogP contribution >= 0.6 is 0 Å². The molecule has 0 bridgehead atoms. The molecule has 0 spiro atoms. The van der Waals surface area contributed by atoms with E-state index >= 15 is 0 Å². The molecule has 1 aliphatic carbocycles. The van der Waals surface area contributed by atoms with Crippen LogP contribution in [-0.4, -0.2) is 19.8 Å². The number of benzene rings is 1. The SMILES string of the molecule is c1cc2c(cc1CNCCC1CCCC1)OCCCO2. The van der Waals surface area contributed by atoms with Crippen molar-refractivity contribution in [3.8, 4) is 11.5 Å². The number of ether oxygens (including phenoxy) is 2. The number of nitrogens with one attached hydrogen (secondary N) is 1. The first-order valence-corrected chi connectivity index (χ1v) is 8.01. The number of hydrogen-bond acceptors (Lipinski definition) is 3. The molecule has 2 aliphatic rings. The van der Waals surface area contributed by atoms with E-state index < -0.39 is 0 Å². The van der Waals surface area contributed by atoms with E-state index in [4.69, 9.17) is 9.47 Å². The summed E-state index contributed by atoms with van der Waals surface area (Å²) < 4.78 is 11.4. The van der Waals surface area contributed by atoms with Gasteiger partial charge in [0, 0.05) is 13.0 Å². The van der Waals surface area contributed by atoms with Crippen molar-refractivity contribution in [2.75, 3.05) is 19.8 Å².